The fourth-order valence-corrected chi connectivity index (χ4v) is 5.21. The van der Waals surface area contributed by atoms with Crippen molar-refractivity contribution in [2.75, 3.05) is 20.3 Å². The Morgan fingerprint density at radius 3 is 2.60 bits per heavy atom. The van der Waals surface area contributed by atoms with E-state index in [4.69, 9.17) is 14.5 Å². The van der Waals surface area contributed by atoms with Crippen molar-refractivity contribution >= 4 is 40.5 Å². The number of carbonyl (C=O) groups excluding carboxylic acids is 4. The summed E-state index contributed by atoms with van der Waals surface area (Å²) in [6.07, 6.45) is 4.20. The second-order valence-electron chi connectivity index (χ2n) is 12.1. The number of Topliss-reactive ketones (excluding diaryl/α,β-unsaturated/α-hetero) is 1. The third-order valence-electron chi connectivity index (χ3n) is 8.09. The lowest BCUT2D eigenvalue weighted by Gasteiger charge is -2.35. The van der Waals surface area contributed by atoms with Crippen LogP contribution in [0.1, 0.15) is 71.2 Å². The molecule has 2 aromatic rings. The minimum atomic E-state index is -0.996. The third-order valence-corrected chi connectivity index (χ3v) is 8.09. The van der Waals surface area contributed by atoms with Crippen LogP contribution in [0.2, 0.25) is 0 Å². The number of rotatable bonds is 3. The number of benzene rings is 1. The van der Waals surface area contributed by atoms with Crippen LogP contribution in [0.15, 0.2) is 36.4 Å². The standard InChI is InChI=1S/C32H42N4O6/c1-19(2)23-17-28(37)32(4,5)14-13-21-9-10-22-11-12-24(33-26(22)16-21)20(3)42-31(40)25-8-7-15-36(35-25)30(39)27(18-41-6)34-29(23)38/h9-14,16,19-20,23,25,27,35H,7-8,15,17-18H2,1-6H3,(H,34,38)/b14-13+/t20-,23+,25+,27?/m1/s1. The molecule has 10 nitrogen and oxygen atoms in total. The van der Waals surface area contributed by atoms with Gasteiger partial charge in [0.1, 0.15) is 24.0 Å². The van der Waals surface area contributed by atoms with Gasteiger partial charge in [-0.25, -0.2) is 10.4 Å². The molecular weight excluding hydrogens is 536 g/mol. The molecule has 1 unspecified atom stereocenters. The number of carbonyl (C=O) groups is 4. The molecule has 1 aromatic carbocycles. The van der Waals surface area contributed by atoms with E-state index in [1.807, 2.05) is 70.2 Å². The molecule has 0 aliphatic carbocycles. The maximum Gasteiger partial charge on any atom is 0.325 e. The van der Waals surface area contributed by atoms with Gasteiger partial charge in [-0.2, -0.15) is 0 Å². The van der Waals surface area contributed by atoms with Gasteiger partial charge in [0.25, 0.3) is 5.91 Å². The van der Waals surface area contributed by atoms with Crippen molar-refractivity contribution in [2.45, 2.75) is 72.1 Å². The summed E-state index contributed by atoms with van der Waals surface area (Å²) in [6, 6.07) is 7.88. The Morgan fingerprint density at radius 2 is 1.88 bits per heavy atom. The highest BCUT2D eigenvalue weighted by Crippen LogP contribution is 2.28. The fraction of sp³-hybridized carbons (Fsp3) is 0.531. The molecular formula is C32H42N4O6. The first kappa shape index (κ1) is 31.3. The third kappa shape index (κ3) is 7.22. The topological polar surface area (TPSA) is 127 Å². The number of hydrazine groups is 1. The van der Waals surface area contributed by atoms with Crippen molar-refractivity contribution in [2.24, 2.45) is 17.3 Å². The van der Waals surface area contributed by atoms with E-state index in [1.54, 1.807) is 6.92 Å². The minimum Gasteiger partial charge on any atom is -0.455 e. The number of nitrogens with zero attached hydrogens (tertiary/aromatic N) is 2. The zero-order valence-electron chi connectivity index (χ0n) is 25.3. The van der Waals surface area contributed by atoms with Crippen LogP contribution in [-0.2, 0) is 28.7 Å². The number of esters is 1. The molecule has 2 amide bonds. The highest BCUT2D eigenvalue weighted by Gasteiger charge is 2.37. The Balaban J connectivity index is 1.72. The minimum absolute atomic E-state index is 0.0190. The van der Waals surface area contributed by atoms with Crippen molar-refractivity contribution in [3.63, 3.8) is 0 Å². The Bertz CT molecular complexity index is 1370. The zero-order chi connectivity index (χ0) is 30.6. The molecule has 0 saturated carbocycles. The molecule has 2 aliphatic rings. The number of aromatic nitrogens is 1. The summed E-state index contributed by atoms with van der Waals surface area (Å²) in [7, 11) is 1.45. The Labute approximate surface area is 247 Å². The lowest BCUT2D eigenvalue weighted by atomic mass is 9.79. The number of cyclic esters (lactones) is 1. The second-order valence-corrected chi connectivity index (χ2v) is 12.1. The molecule has 1 aromatic heterocycles. The molecule has 2 aliphatic heterocycles. The SMILES string of the molecule is COCC1NC(=O)[C@H](C(C)C)CC(=O)C(C)(C)/C=C/c2ccc3ccc(nc3c2)[C@@H](C)OC(=O)[C@@H]2CCCN(N2)C1=O. The normalized spacial score (nSPS) is 26.7. The number of ketones is 1. The lowest BCUT2D eigenvalue weighted by molar-refractivity contribution is -0.157. The highest BCUT2D eigenvalue weighted by molar-refractivity contribution is 5.94. The van der Waals surface area contributed by atoms with Gasteiger partial charge >= 0.3 is 5.97 Å². The van der Waals surface area contributed by atoms with Crippen LogP contribution in [0.25, 0.3) is 17.0 Å². The molecule has 2 N–H and O–H groups in total. The van der Waals surface area contributed by atoms with Crippen LogP contribution >= 0.6 is 0 Å². The number of hydrogen-bond donors (Lipinski definition) is 2. The van der Waals surface area contributed by atoms with Crippen LogP contribution in [0.3, 0.4) is 0 Å². The van der Waals surface area contributed by atoms with Crippen molar-refractivity contribution in [3.8, 4) is 0 Å². The van der Waals surface area contributed by atoms with E-state index in [-0.39, 0.29) is 24.7 Å². The Kier molecular flexibility index (Phi) is 9.78. The molecule has 42 heavy (non-hydrogen) atoms. The van der Waals surface area contributed by atoms with E-state index in [0.717, 1.165) is 16.5 Å². The van der Waals surface area contributed by atoms with Crippen LogP contribution in [0, 0.1) is 17.3 Å². The Morgan fingerprint density at radius 1 is 1.14 bits per heavy atom. The van der Waals surface area contributed by atoms with Gasteiger partial charge in [0.2, 0.25) is 5.91 Å². The van der Waals surface area contributed by atoms with Gasteiger partial charge < -0.3 is 14.8 Å². The second kappa shape index (κ2) is 13.1. The van der Waals surface area contributed by atoms with Gasteiger partial charge in [-0.1, -0.05) is 44.2 Å². The number of pyridine rings is 1. The molecule has 0 spiro atoms. The summed E-state index contributed by atoms with van der Waals surface area (Å²) < 4.78 is 11.0. The van der Waals surface area contributed by atoms with Gasteiger partial charge in [-0.15, -0.1) is 0 Å². The summed E-state index contributed by atoms with van der Waals surface area (Å²) in [5.41, 5.74) is 4.36. The van der Waals surface area contributed by atoms with E-state index in [1.165, 1.54) is 12.1 Å². The quantitative estimate of drug-likeness (QED) is 0.528. The van der Waals surface area contributed by atoms with Gasteiger partial charge in [0.05, 0.1) is 17.8 Å². The largest absolute Gasteiger partial charge is 0.455 e. The van der Waals surface area contributed by atoms with Crippen LogP contribution < -0.4 is 10.7 Å². The molecule has 3 heterocycles. The number of amides is 2. The maximum absolute atomic E-state index is 13.5. The van der Waals surface area contributed by atoms with E-state index >= 15 is 0 Å². The molecule has 4 atom stereocenters. The first-order valence-electron chi connectivity index (χ1n) is 14.6. The number of hydrogen-bond acceptors (Lipinski definition) is 8. The summed E-state index contributed by atoms with van der Waals surface area (Å²) in [5, 5.41) is 5.10. The van der Waals surface area contributed by atoms with Crippen LogP contribution in [0.5, 0.6) is 0 Å². The van der Waals surface area contributed by atoms with Crippen LogP contribution in [0.4, 0.5) is 0 Å². The summed E-state index contributed by atoms with van der Waals surface area (Å²) >= 11 is 0. The number of methoxy groups -OCH3 is 1. The predicted octanol–water partition coefficient (Wildman–Crippen LogP) is 3.75. The van der Waals surface area contributed by atoms with Gasteiger partial charge in [0.15, 0.2) is 0 Å². The van der Waals surface area contributed by atoms with Gasteiger partial charge in [-0.05, 0) is 57.2 Å². The van der Waals surface area contributed by atoms with Crippen molar-refractivity contribution in [1.29, 1.82) is 0 Å². The summed E-state index contributed by atoms with van der Waals surface area (Å²) in [4.78, 5) is 58.4. The number of fused-ring (bicyclic) bond motifs is 4. The van der Waals surface area contributed by atoms with Crippen molar-refractivity contribution in [3.05, 3.63) is 47.7 Å². The summed E-state index contributed by atoms with van der Waals surface area (Å²) in [6.45, 7) is 9.49. The molecule has 10 heteroatoms. The van der Waals surface area contributed by atoms with E-state index < -0.39 is 47.3 Å². The van der Waals surface area contributed by atoms with Gasteiger partial charge in [-0.3, -0.25) is 24.2 Å². The first-order chi connectivity index (χ1) is 19.9. The van der Waals surface area contributed by atoms with E-state index in [2.05, 4.69) is 10.7 Å². The molecule has 0 radical (unpaired) electrons. The number of ether oxygens (including phenoxy) is 2. The van der Waals surface area contributed by atoms with Crippen LogP contribution in [-0.4, -0.2) is 65.9 Å². The number of nitrogens with one attached hydrogen (secondary N) is 2. The lowest BCUT2D eigenvalue weighted by Crippen LogP contribution is -2.61. The molecule has 226 valence electrons. The predicted molar refractivity (Wildman–Crippen MR) is 159 cm³/mol. The molecule has 1 fully saturated rings. The zero-order valence-corrected chi connectivity index (χ0v) is 25.3. The van der Waals surface area contributed by atoms with E-state index in [0.29, 0.717) is 25.1 Å². The molecule has 5 bridgehead atoms. The van der Waals surface area contributed by atoms with E-state index in [9.17, 15) is 19.2 Å². The average Bonchev–Trinajstić information content (AvgIpc) is 2.96. The fourth-order valence-electron chi connectivity index (χ4n) is 5.21. The number of allylic oxidation sites excluding steroid dienone is 1. The maximum atomic E-state index is 13.5. The van der Waals surface area contributed by atoms with Gasteiger partial charge in [0, 0.05) is 36.8 Å². The summed E-state index contributed by atoms with van der Waals surface area (Å²) in [5.74, 6) is -2.18. The molecule has 1 saturated heterocycles. The Hall–Kier alpha value is -3.63. The monoisotopic (exact) mass is 578 g/mol. The smallest absolute Gasteiger partial charge is 0.325 e. The first-order valence-corrected chi connectivity index (χ1v) is 14.6. The highest BCUT2D eigenvalue weighted by atomic mass is 16.5. The van der Waals surface area contributed by atoms with Crippen molar-refractivity contribution in [1.82, 2.24) is 20.7 Å². The van der Waals surface area contributed by atoms with Crippen molar-refractivity contribution < 1.29 is 28.7 Å². The average molecular weight is 579 g/mol. The molecule has 4 rings (SSSR count).